The maximum atomic E-state index is 12.8. The summed E-state index contributed by atoms with van der Waals surface area (Å²) < 4.78 is 5.12. The summed E-state index contributed by atoms with van der Waals surface area (Å²) in [6.45, 7) is 0. The third kappa shape index (κ3) is 3.74. The van der Waals surface area contributed by atoms with Crippen molar-refractivity contribution in [1.82, 2.24) is 10.0 Å². The van der Waals surface area contributed by atoms with Crippen molar-refractivity contribution < 1.29 is 14.6 Å². The number of carbonyl (C=O) groups is 1. The van der Waals surface area contributed by atoms with Crippen LogP contribution in [-0.4, -0.2) is 47.4 Å². The van der Waals surface area contributed by atoms with Gasteiger partial charge in [0.05, 0.1) is 17.7 Å². The SMILES string of the molecule is COc1cc(/C=C2/SC(=Nc3ccccc3)N(N(C)C)C2=O)ccc1O. The molecule has 1 heterocycles. The molecule has 2 aromatic carbocycles. The summed E-state index contributed by atoms with van der Waals surface area (Å²) in [4.78, 5) is 17.9. The molecule has 0 radical (unpaired) electrons. The predicted octanol–water partition coefficient (Wildman–Crippen LogP) is 3.48. The summed E-state index contributed by atoms with van der Waals surface area (Å²) in [5, 5.41) is 13.5. The van der Waals surface area contributed by atoms with Gasteiger partial charge in [0.15, 0.2) is 16.7 Å². The van der Waals surface area contributed by atoms with Gasteiger partial charge >= 0.3 is 0 Å². The maximum Gasteiger partial charge on any atom is 0.281 e. The fourth-order valence-electron chi connectivity index (χ4n) is 2.44. The number of nitrogens with zero attached hydrogens (tertiary/aromatic N) is 3. The van der Waals surface area contributed by atoms with Crippen LogP contribution in [0.2, 0.25) is 0 Å². The van der Waals surface area contributed by atoms with Crippen molar-refractivity contribution in [2.24, 2.45) is 4.99 Å². The maximum absolute atomic E-state index is 12.8. The van der Waals surface area contributed by atoms with Gasteiger partial charge in [0.1, 0.15) is 0 Å². The molecular formula is C19H19N3O3S. The number of para-hydroxylation sites is 1. The first-order valence-electron chi connectivity index (χ1n) is 7.91. The number of hydrogen-bond donors (Lipinski definition) is 1. The van der Waals surface area contributed by atoms with Crippen molar-refractivity contribution in [3.63, 3.8) is 0 Å². The third-order valence-electron chi connectivity index (χ3n) is 3.67. The second-order valence-corrected chi connectivity index (χ2v) is 6.75. The lowest BCUT2D eigenvalue weighted by atomic mass is 10.2. The van der Waals surface area contributed by atoms with E-state index in [9.17, 15) is 9.90 Å². The lowest BCUT2D eigenvalue weighted by Gasteiger charge is -2.22. The molecule has 0 bridgehead atoms. The summed E-state index contributed by atoms with van der Waals surface area (Å²) in [6, 6.07) is 14.5. The van der Waals surface area contributed by atoms with Crippen molar-refractivity contribution in [1.29, 1.82) is 0 Å². The third-order valence-corrected chi connectivity index (χ3v) is 4.63. The molecule has 0 atom stereocenters. The minimum absolute atomic E-state index is 0.0568. The number of aromatic hydroxyl groups is 1. The molecule has 26 heavy (non-hydrogen) atoms. The number of aliphatic imine (C=N–C) groups is 1. The van der Waals surface area contributed by atoms with Crippen LogP contribution in [0.3, 0.4) is 0 Å². The van der Waals surface area contributed by atoms with Crippen molar-refractivity contribution in [3.05, 3.63) is 59.0 Å². The van der Waals surface area contributed by atoms with E-state index in [4.69, 9.17) is 4.74 Å². The number of methoxy groups -OCH3 is 1. The molecule has 134 valence electrons. The Hall–Kier alpha value is -2.77. The van der Waals surface area contributed by atoms with Gasteiger partial charge in [-0.25, -0.2) is 15.0 Å². The van der Waals surface area contributed by atoms with E-state index in [2.05, 4.69) is 4.99 Å². The van der Waals surface area contributed by atoms with Gasteiger partial charge in [-0.2, -0.15) is 0 Å². The normalized spacial score (nSPS) is 17.5. The second-order valence-electron chi connectivity index (χ2n) is 5.74. The van der Waals surface area contributed by atoms with E-state index in [1.165, 1.54) is 29.9 Å². The average Bonchev–Trinajstić information content (AvgIpc) is 2.92. The fraction of sp³-hybridized carbons (Fsp3) is 0.158. The summed E-state index contributed by atoms with van der Waals surface area (Å²) in [6.07, 6.45) is 1.76. The predicted molar refractivity (Wildman–Crippen MR) is 104 cm³/mol. The number of thioether (sulfide) groups is 1. The molecule has 0 unspecified atom stereocenters. The van der Waals surface area contributed by atoms with Crippen molar-refractivity contribution in [2.75, 3.05) is 21.2 Å². The Morgan fingerprint density at radius 1 is 1.19 bits per heavy atom. The Labute approximate surface area is 156 Å². The number of hydrogen-bond acceptors (Lipinski definition) is 6. The lowest BCUT2D eigenvalue weighted by molar-refractivity contribution is -0.130. The molecule has 6 nitrogen and oxygen atoms in total. The quantitative estimate of drug-likeness (QED) is 0.836. The van der Waals surface area contributed by atoms with Gasteiger partial charge < -0.3 is 9.84 Å². The molecule has 3 rings (SSSR count). The van der Waals surface area contributed by atoms with Gasteiger partial charge in [-0.15, -0.1) is 0 Å². The van der Waals surface area contributed by atoms with E-state index in [1.54, 1.807) is 37.3 Å². The number of benzene rings is 2. The van der Waals surface area contributed by atoms with E-state index < -0.39 is 0 Å². The largest absolute Gasteiger partial charge is 0.504 e. The number of phenolic OH excluding ortho intramolecular Hbond substituents is 1. The monoisotopic (exact) mass is 369 g/mol. The van der Waals surface area contributed by atoms with Gasteiger partial charge in [0, 0.05) is 14.1 Å². The zero-order valence-electron chi connectivity index (χ0n) is 14.7. The number of carbonyl (C=O) groups excluding carboxylic acids is 1. The highest BCUT2D eigenvalue weighted by Gasteiger charge is 2.35. The smallest absolute Gasteiger partial charge is 0.281 e. The number of amides is 1. The summed E-state index contributed by atoms with van der Waals surface area (Å²) in [5.74, 6) is 0.264. The average molecular weight is 369 g/mol. The van der Waals surface area contributed by atoms with Crippen LogP contribution in [0, 0.1) is 0 Å². The Balaban J connectivity index is 1.97. The molecule has 0 spiro atoms. The lowest BCUT2D eigenvalue weighted by Crippen LogP contribution is -2.40. The molecule has 2 aromatic rings. The van der Waals surface area contributed by atoms with Crippen LogP contribution in [0.15, 0.2) is 58.4 Å². The van der Waals surface area contributed by atoms with Gasteiger partial charge in [-0.1, -0.05) is 24.3 Å². The molecule has 1 amide bonds. The zero-order valence-corrected chi connectivity index (χ0v) is 15.5. The molecule has 1 aliphatic heterocycles. The number of phenols is 1. The van der Waals surface area contributed by atoms with E-state index in [0.717, 1.165) is 11.3 Å². The van der Waals surface area contributed by atoms with E-state index in [-0.39, 0.29) is 11.7 Å². The highest BCUT2D eigenvalue weighted by molar-refractivity contribution is 8.18. The molecule has 0 aliphatic carbocycles. The van der Waals surface area contributed by atoms with Gasteiger partial charge in [0.25, 0.3) is 5.91 Å². The Kier molecular flexibility index (Phi) is 5.29. The highest BCUT2D eigenvalue weighted by Crippen LogP contribution is 2.35. The molecule has 0 saturated carbocycles. The fourth-order valence-corrected chi connectivity index (χ4v) is 3.49. The molecule has 1 N–H and O–H groups in total. The molecule has 7 heteroatoms. The first-order chi connectivity index (χ1) is 12.5. The highest BCUT2D eigenvalue weighted by atomic mass is 32.2. The molecular weight excluding hydrogens is 350 g/mol. The number of hydrazine groups is 1. The Morgan fingerprint density at radius 2 is 1.92 bits per heavy atom. The number of rotatable bonds is 4. The van der Waals surface area contributed by atoms with E-state index in [1.807, 2.05) is 30.3 Å². The molecule has 1 aliphatic rings. The Morgan fingerprint density at radius 3 is 2.58 bits per heavy atom. The summed E-state index contributed by atoms with van der Waals surface area (Å²) in [5.41, 5.74) is 1.54. The van der Waals surface area contributed by atoms with Crippen LogP contribution in [0.25, 0.3) is 6.08 Å². The van der Waals surface area contributed by atoms with Crippen LogP contribution in [0.5, 0.6) is 11.5 Å². The second kappa shape index (κ2) is 7.63. The summed E-state index contributed by atoms with van der Waals surface area (Å²) in [7, 11) is 5.08. The Bertz CT molecular complexity index is 879. The van der Waals surface area contributed by atoms with Crippen LogP contribution in [0.1, 0.15) is 5.56 Å². The van der Waals surface area contributed by atoms with E-state index in [0.29, 0.717) is 15.8 Å². The molecule has 1 saturated heterocycles. The first-order valence-corrected chi connectivity index (χ1v) is 8.73. The minimum Gasteiger partial charge on any atom is -0.504 e. The van der Waals surface area contributed by atoms with Crippen molar-refractivity contribution >= 4 is 34.6 Å². The molecule has 0 aromatic heterocycles. The summed E-state index contributed by atoms with van der Waals surface area (Å²) >= 11 is 1.31. The topological polar surface area (TPSA) is 65.4 Å². The van der Waals surface area contributed by atoms with Crippen LogP contribution in [-0.2, 0) is 4.79 Å². The first kappa shape index (κ1) is 18.0. The van der Waals surface area contributed by atoms with Gasteiger partial charge in [0.2, 0.25) is 0 Å². The van der Waals surface area contributed by atoms with Gasteiger partial charge in [-0.05, 0) is 47.7 Å². The van der Waals surface area contributed by atoms with Gasteiger partial charge in [-0.3, -0.25) is 4.79 Å². The zero-order chi connectivity index (χ0) is 18.7. The van der Waals surface area contributed by atoms with Crippen LogP contribution in [0.4, 0.5) is 5.69 Å². The number of ether oxygens (including phenoxy) is 1. The minimum atomic E-state index is -0.151. The van der Waals surface area contributed by atoms with Crippen molar-refractivity contribution in [2.45, 2.75) is 0 Å². The van der Waals surface area contributed by atoms with Crippen LogP contribution < -0.4 is 4.74 Å². The van der Waals surface area contributed by atoms with Crippen LogP contribution >= 0.6 is 11.8 Å². The number of amidine groups is 1. The molecule has 1 fully saturated rings. The van der Waals surface area contributed by atoms with E-state index >= 15 is 0 Å². The standard InChI is InChI=1S/C19H19N3O3S/c1-21(2)22-18(24)17(12-13-9-10-15(23)16(11-13)25-3)26-19(22)20-14-7-5-4-6-8-14/h4-12,23H,1-3H3/b17-12+,20-19?. The van der Waals surface area contributed by atoms with Crippen molar-refractivity contribution in [3.8, 4) is 11.5 Å².